The largest absolute Gasteiger partial charge is 0.369 e. The molecular weight excluding hydrogens is 380 g/mol. The normalized spacial score (nSPS) is 19.2. The van der Waals surface area contributed by atoms with Crippen LogP contribution >= 0.6 is 23.1 Å². The van der Waals surface area contributed by atoms with Crippen molar-refractivity contribution in [3.8, 4) is 0 Å². The molecule has 0 unspecified atom stereocenters. The molecular formula is C20H20N2O3S2. The molecule has 1 aliphatic heterocycles. The summed E-state index contributed by atoms with van der Waals surface area (Å²) in [5, 5.41) is 1.16. The summed E-state index contributed by atoms with van der Waals surface area (Å²) in [6, 6.07) is 9.14. The van der Waals surface area contributed by atoms with Gasteiger partial charge >= 0.3 is 0 Å². The molecule has 3 aromatic rings. The fraction of sp³-hybridized carbons (Fsp3) is 0.350. The number of carbonyl (C=O) groups is 1. The Balaban J connectivity index is 1.60. The monoisotopic (exact) mass is 400 g/mol. The van der Waals surface area contributed by atoms with Crippen LogP contribution in [0.3, 0.4) is 0 Å². The summed E-state index contributed by atoms with van der Waals surface area (Å²) in [7, 11) is 0. The average Bonchev–Trinajstić information content (AvgIpc) is 3.04. The number of benzene rings is 1. The van der Waals surface area contributed by atoms with Gasteiger partial charge in [-0.05, 0) is 18.9 Å². The lowest BCUT2D eigenvalue weighted by Gasteiger charge is -2.32. The van der Waals surface area contributed by atoms with Gasteiger partial charge in [0.25, 0.3) is 5.56 Å². The zero-order valence-electron chi connectivity index (χ0n) is 15.2. The van der Waals surface area contributed by atoms with Gasteiger partial charge in [0, 0.05) is 16.9 Å². The molecule has 1 aromatic carbocycles. The summed E-state index contributed by atoms with van der Waals surface area (Å²) >= 11 is 2.78. The van der Waals surface area contributed by atoms with Crippen LogP contribution in [0.25, 0.3) is 10.2 Å². The molecule has 140 valence electrons. The quantitative estimate of drug-likeness (QED) is 0.395. The molecule has 3 heterocycles. The van der Waals surface area contributed by atoms with Crippen molar-refractivity contribution in [1.82, 2.24) is 9.97 Å². The number of ketones is 1. The molecule has 0 radical (unpaired) electrons. The van der Waals surface area contributed by atoms with Gasteiger partial charge in [-0.25, -0.2) is 4.98 Å². The summed E-state index contributed by atoms with van der Waals surface area (Å²) in [4.78, 5) is 34.2. The van der Waals surface area contributed by atoms with E-state index in [1.54, 1.807) is 12.1 Å². The number of ether oxygens (including phenoxy) is 1. The molecule has 0 amide bonds. The maximum atomic E-state index is 12.7. The van der Waals surface area contributed by atoms with Crippen molar-refractivity contribution in [2.45, 2.75) is 44.1 Å². The smallest absolute Gasteiger partial charge is 0.260 e. The number of thioether (sulfide) groups is 1. The van der Waals surface area contributed by atoms with Gasteiger partial charge in [-0.2, -0.15) is 0 Å². The number of hydrogen-bond donors (Lipinski definition) is 1. The Labute approximate surface area is 165 Å². The van der Waals surface area contributed by atoms with Crippen LogP contribution in [0.2, 0.25) is 0 Å². The molecule has 1 aliphatic rings. The van der Waals surface area contributed by atoms with Crippen LogP contribution in [-0.4, -0.2) is 27.1 Å². The minimum atomic E-state index is -0.233. The van der Waals surface area contributed by atoms with Crippen molar-refractivity contribution in [1.29, 1.82) is 0 Å². The average molecular weight is 401 g/mol. The number of carbonyl (C=O) groups excluding carboxylic acids is 1. The van der Waals surface area contributed by atoms with Crippen molar-refractivity contribution in [2.24, 2.45) is 0 Å². The van der Waals surface area contributed by atoms with E-state index in [-0.39, 0.29) is 22.7 Å². The molecule has 0 saturated carbocycles. The summed E-state index contributed by atoms with van der Waals surface area (Å²) in [5.41, 5.74) is 1.36. The Morgan fingerprint density at radius 1 is 1.37 bits per heavy atom. The second kappa shape index (κ2) is 7.22. The highest BCUT2D eigenvalue weighted by atomic mass is 32.2. The zero-order chi connectivity index (χ0) is 19.0. The molecule has 5 nitrogen and oxygen atoms in total. The first-order valence-corrected chi connectivity index (χ1v) is 10.7. The molecule has 2 aromatic heterocycles. The van der Waals surface area contributed by atoms with Gasteiger partial charge in [0.1, 0.15) is 4.83 Å². The van der Waals surface area contributed by atoms with E-state index in [1.165, 1.54) is 23.1 Å². The number of rotatable bonds is 5. The number of aromatic nitrogens is 2. The van der Waals surface area contributed by atoms with E-state index in [2.05, 4.69) is 23.8 Å². The number of fused-ring (bicyclic) bond motifs is 3. The Kier molecular flexibility index (Phi) is 4.92. The molecule has 4 rings (SSSR count). The SMILES string of the molecule is CC[C@@]1(C)Cc2c(sc3nc(SCC(=O)c4ccccc4)[nH]c(=O)c23)CO1. The highest BCUT2D eigenvalue weighted by molar-refractivity contribution is 7.99. The Morgan fingerprint density at radius 2 is 2.15 bits per heavy atom. The highest BCUT2D eigenvalue weighted by Gasteiger charge is 2.33. The summed E-state index contributed by atoms with van der Waals surface area (Å²) in [6.45, 7) is 4.70. The Morgan fingerprint density at radius 3 is 2.89 bits per heavy atom. The van der Waals surface area contributed by atoms with E-state index in [4.69, 9.17) is 4.74 Å². The van der Waals surface area contributed by atoms with Crippen molar-refractivity contribution >= 4 is 39.1 Å². The molecule has 1 N–H and O–H groups in total. The third kappa shape index (κ3) is 3.59. The van der Waals surface area contributed by atoms with Crippen molar-refractivity contribution in [2.75, 3.05) is 5.75 Å². The third-order valence-corrected chi connectivity index (χ3v) is 6.98. The first-order chi connectivity index (χ1) is 13.0. The number of nitrogens with one attached hydrogen (secondary N) is 1. The van der Waals surface area contributed by atoms with Crippen molar-refractivity contribution in [3.63, 3.8) is 0 Å². The van der Waals surface area contributed by atoms with E-state index >= 15 is 0 Å². The van der Waals surface area contributed by atoms with Crippen LogP contribution in [0.1, 0.15) is 41.1 Å². The number of hydrogen-bond acceptors (Lipinski definition) is 6. The summed E-state index contributed by atoms with van der Waals surface area (Å²) < 4.78 is 5.99. The van der Waals surface area contributed by atoms with E-state index in [0.717, 1.165) is 28.1 Å². The topological polar surface area (TPSA) is 72.0 Å². The van der Waals surface area contributed by atoms with Gasteiger partial charge < -0.3 is 9.72 Å². The number of H-pyrrole nitrogens is 1. The fourth-order valence-electron chi connectivity index (χ4n) is 3.20. The number of thiophene rings is 1. The van der Waals surface area contributed by atoms with Crippen LogP contribution < -0.4 is 5.56 Å². The number of Topliss-reactive ketones (excluding diaryl/α,β-unsaturated/α-hetero) is 1. The lowest BCUT2D eigenvalue weighted by Crippen LogP contribution is -2.34. The second-order valence-corrected chi connectivity index (χ2v) is 8.95. The maximum absolute atomic E-state index is 12.7. The zero-order valence-corrected chi connectivity index (χ0v) is 16.8. The van der Waals surface area contributed by atoms with Crippen LogP contribution in [-0.2, 0) is 17.8 Å². The van der Waals surface area contributed by atoms with Crippen molar-refractivity contribution in [3.05, 3.63) is 56.7 Å². The third-order valence-electron chi connectivity index (χ3n) is 5.01. The maximum Gasteiger partial charge on any atom is 0.260 e. The van der Waals surface area contributed by atoms with Gasteiger partial charge in [0.2, 0.25) is 0 Å². The molecule has 27 heavy (non-hydrogen) atoms. The molecule has 7 heteroatoms. The summed E-state index contributed by atoms with van der Waals surface area (Å²) in [5.74, 6) is 0.251. The van der Waals surface area contributed by atoms with E-state index < -0.39 is 0 Å². The van der Waals surface area contributed by atoms with Crippen LogP contribution in [0.4, 0.5) is 0 Å². The number of aromatic amines is 1. The Hall–Kier alpha value is -1.96. The summed E-state index contributed by atoms with van der Waals surface area (Å²) in [6.07, 6.45) is 1.62. The lowest BCUT2D eigenvalue weighted by atomic mass is 9.90. The molecule has 0 saturated heterocycles. The molecule has 0 bridgehead atoms. The van der Waals surface area contributed by atoms with Gasteiger partial charge in [0.15, 0.2) is 10.9 Å². The van der Waals surface area contributed by atoms with Crippen LogP contribution in [0.5, 0.6) is 0 Å². The first kappa shape index (κ1) is 18.4. The molecule has 0 fully saturated rings. The standard InChI is InChI=1S/C20H20N2O3S2/c1-3-20(2)9-13-15(10-25-20)27-18-16(13)17(24)21-19(22-18)26-11-14(23)12-7-5-4-6-8-12/h4-8H,3,9-11H2,1-2H3,(H,21,22,24)/t20-/m0/s1. The minimum Gasteiger partial charge on any atom is -0.369 e. The Bertz CT molecular complexity index is 1060. The van der Waals surface area contributed by atoms with Crippen molar-refractivity contribution < 1.29 is 9.53 Å². The van der Waals surface area contributed by atoms with Crippen LogP contribution in [0, 0.1) is 0 Å². The number of nitrogens with zero attached hydrogens (tertiary/aromatic N) is 1. The van der Waals surface area contributed by atoms with E-state index in [1.807, 2.05) is 18.2 Å². The van der Waals surface area contributed by atoms with E-state index in [9.17, 15) is 9.59 Å². The molecule has 1 atom stereocenters. The van der Waals surface area contributed by atoms with Gasteiger partial charge in [0.05, 0.1) is 23.3 Å². The van der Waals surface area contributed by atoms with Crippen LogP contribution in [0.15, 0.2) is 40.3 Å². The predicted molar refractivity (Wildman–Crippen MR) is 109 cm³/mol. The molecule has 0 aliphatic carbocycles. The first-order valence-electron chi connectivity index (χ1n) is 8.88. The van der Waals surface area contributed by atoms with Gasteiger partial charge in [-0.3, -0.25) is 9.59 Å². The highest BCUT2D eigenvalue weighted by Crippen LogP contribution is 2.38. The molecule has 0 spiro atoms. The minimum absolute atomic E-state index is 0.0148. The van der Waals surface area contributed by atoms with Gasteiger partial charge in [-0.1, -0.05) is 49.0 Å². The second-order valence-electron chi connectivity index (χ2n) is 6.90. The lowest BCUT2D eigenvalue weighted by molar-refractivity contribution is -0.0543. The fourth-order valence-corrected chi connectivity index (χ4v) is 5.11. The predicted octanol–water partition coefficient (Wildman–Crippen LogP) is 4.20. The van der Waals surface area contributed by atoms with E-state index in [0.29, 0.717) is 22.7 Å². The van der Waals surface area contributed by atoms with Gasteiger partial charge in [-0.15, -0.1) is 11.3 Å².